The summed E-state index contributed by atoms with van der Waals surface area (Å²) in [6.07, 6.45) is 1.76. The number of amides is 2. The van der Waals surface area contributed by atoms with Crippen molar-refractivity contribution in [2.24, 2.45) is 5.73 Å². The molecule has 1 aliphatic rings. The Morgan fingerprint density at radius 2 is 2.10 bits per heavy atom. The highest BCUT2D eigenvalue weighted by Gasteiger charge is 2.28. The van der Waals surface area contributed by atoms with Crippen molar-refractivity contribution in [1.82, 2.24) is 4.90 Å². The molecule has 4 rings (SSSR count). The Morgan fingerprint density at radius 3 is 2.90 bits per heavy atom. The van der Waals surface area contributed by atoms with Crippen molar-refractivity contribution < 1.29 is 14.0 Å². The highest BCUT2D eigenvalue weighted by molar-refractivity contribution is 9.10. The van der Waals surface area contributed by atoms with Gasteiger partial charge in [0.2, 0.25) is 5.91 Å². The third-order valence-electron chi connectivity index (χ3n) is 5.37. The van der Waals surface area contributed by atoms with Gasteiger partial charge in [-0.1, -0.05) is 28.1 Å². The zero-order valence-electron chi connectivity index (χ0n) is 16.1. The molecule has 2 aromatic carbocycles. The molecular formula is C22H22BrN3O3. The molecule has 3 aromatic rings. The summed E-state index contributed by atoms with van der Waals surface area (Å²) in [6.45, 7) is 3.34. The maximum atomic E-state index is 12.8. The number of likely N-dealkylation sites (tertiary alicyclic amines) is 1. The molecule has 1 unspecified atom stereocenters. The summed E-state index contributed by atoms with van der Waals surface area (Å²) in [5, 5.41) is 3.83. The quantitative estimate of drug-likeness (QED) is 0.602. The van der Waals surface area contributed by atoms with E-state index in [1.54, 1.807) is 0 Å². The molecular weight excluding hydrogens is 434 g/mol. The average Bonchev–Trinajstić information content (AvgIpc) is 3.27. The van der Waals surface area contributed by atoms with Crippen LogP contribution < -0.4 is 11.1 Å². The topological polar surface area (TPSA) is 88.6 Å². The van der Waals surface area contributed by atoms with Gasteiger partial charge in [-0.05, 0) is 62.2 Å². The molecule has 1 fully saturated rings. The molecule has 7 heteroatoms. The number of carbonyl (C=O) groups excluding carboxylic acids is 2. The Balaban J connectivity index is 1.51. The summed E-state index contributed by atoms with van der Waals surface area (Å²) >= 11 is 3.45. The van der Waals surface area contributed by atoms with Gasteiger partial charge in [0, 0.05) is 27.7 Å². The predicted octanol–water partition coefficient (Wildman–Crippen LogP) is 4.21. The van der Waals surface area contributed by atoms with Crippen LogP contribution in [0.1, 0.15) is 34.5 Å². The molecule has 29 heavy (non-hydrogen) atoms. The van der Waals surface area contributed by atoms with Crippen LogP contribution in [0.5, 0.6) is 0 Å². The fraction of sp³-hybridized carbons (Fsp3) is 0.273. The molecule has 1 saturated heterocycles. The molecule has 1 atom stereocenters. The number of aryl methyl sites for hydroxylation is 1. The van der Waals surface area contributed by atoms with E-state index in [0.717, 1.165) is 40.4 Å². The molecule has 0 spiro atoms. The normalized spacial score (nSPS) is 17.0. The SMILES string of the molecule is Cc1c(C(=O)Nc2cccc(CN3CCCC3C(N)=O)c2)oc2ccc(Br)cc12. The Morgan fingerprint density at radius 1 is 1.28 bits per heavy atom. The number of halogens is 1. The first-order valence-electron chi connectivity index (χ1n) is 9.54. The van der Waals surface area contributed by atoms with Crippen LogP contribution in [0.15, 0.2) is 51.4 Å². The Kier molecular flexibility index (Phi) is 5.43. The van der Waals surface area contributed by atoms with Crippen molar-refractivity contribution in [3.63, 3.8) is 0 Å². The molecule has 0 aliphatic carbocycles. The smallest absolute Gasteiger partial charge is 0.291 e. The number of anilines is 1. The summed E-state index contributed by atoms with van der Waals surface area (Å²) < 4.78 is 6.71. The number of carbonyl (C=O) groups is 2. The minimum atomic E-state index is -0.289. The first-order valence-corrected chi connectivity index (χ1v) is 10.3. The maximum Gasteiger partial charge on any atom is 0.291 e. The van der Waals surface area contributed by atoms with E-state index in [-0.39, 0.29) is 17.9 Å². The Hall–Kier alpha value is -2.64. The number of fused-ring (bicyclic) bond motifs is 1. The van der Waals surface area contributed by atoms with Crippen LogP contribution in [0.2, 0.25) is 0 Å². The zero-order chi connectivity index (χ0) is 20.5. The second-order valence-electron chi connectivity index (χ2n) is 7.38. The summed E-state index contributed by atoms with van der Waals surface area (Å²) in [7, 11) is 0. The fourth-order valence-electron chi connectivity index (χ4n) is 3.92. The fourth-order valence-corrected chi connectivity index (χ4v) is 4.28. The number of nitrogens with two attached hydrogens (primary N) is 1. The van der Waals surface area contributed by atoms with E-state index < -0.39 is 0 Å². The molecule has 2 amide bonds. The van der Waals surface area contributed by atoms with Crippen molar-refractivity contribution in [2.75, 3.05) is 11.9 Å². The number of nitrogens with zero attached hydrogens (tertiary/aromatic N) is 1. The monoisotopic (exact) mass is 455 g/mol. The minimum Gasteiger partial charge on any atom is -0.451 e. The van der Waals surface area contributed by atoms with Gasteiger partial charge < -0.3 is 15.5 Å². The van der Waals surface area contributed by atoms with Crippen LogP contribution in [-0.2, 0) is 11.3 Å². The van der Waals surface area contributed by atoms with E-state index >= 15 is 0 Å². The highest BCUT2D eigenvalue weighted by Crippen LogP contribution is 2.29. The Bertz CT molecular complexity index is 1090. The molecule has 0 radical (unpaired) electrons. The molecule has 2 heterocycles. The van der Waals surface area contributed by atoms with Crippen LogP contribution >= 0.6 is 15.9 Å². The standard InChI is InChI=1S/C22H22BrN3O3/c1-13-17-11-15(23)7-8-19(17)29-20(13)22(28)25-16-5-2-4-14(10-16)12-26-9-3-6-18(26)21(24)27/h2,4-5,7-8,10-11,18H,3,6,9,12H2,1H3,(H2,24,27)(H,25,28). The number of primary amides is 1. The van der Waals surface area contributed by atoms with Crippen molar-refractivity contribution in [3.05, 3.63) is 63.8 Å². The first kappa shape index (κ1) is 19.7. The van der Waals surface area contributed by atoms with Crippen molar-refractivity contribution in [2.45, 2.75) is 32.4 Å². The average molecular weight is 456 g/mol. The summed E-state index contributed by atoms with van der Waals surface area (Å²) in [5.41, 5.74) is 8.68. The van der Waals surface area contributed by atoms with Gasteiger partial charge in [-0.25, -0.2) is 0 Å². The van der Waals surface area contributed by atoms with Crippen LogP contribution in [0.3, 0.4) is 0 Å². The summed E-state index contributed by atoms with van der Waals surface area (Å²) in [5.74, 6) is -0.265. The Labute approximate surface area is 177 Å². The molecule has 0 saturated carbocycles. The van der Waals surface area contributed by atoms with Crippen LogP contribution in [0, 0.1) is 6.92 Å². The van der Waals surface area contributed by atoms with Gasteiger partial charge in [-0.15, -0.1) is 0 Å². The lowest BCUT2D eigenvalue weighted by Gasteiger charge is -2.22. The molecule has 150 valence electrons. The third-order valence-corrected chi connectivity index (χ3v) is 5.86. The van der Waals surface area contributed by atoms with E-state index in [1.807, 2.05) is 49.4 Å². The minimum absolute atomic E-state index is 0.217. The molecule has 3 N–H and O–H groups in total. The lowest BCUT2D eigenvalue weighted by Crippen LogP contribution is -2.39. The van der Waals surface area contributed by atoms with Crippen molar-refractivity contribution in [1.29, 1.82) is 0 Å². The largest absolute Gasteiger partial charge is 0.451 e. The number of benzene rings is 2. The van der Waals surface area contributed by atoms with E-state index in [4.69, 9.17) is 10.2 Å². The van der Waals surface area contributed by atoms with E-state index in [2.05, 4.69) is 26.1 Å². The van der Waals surface area contributed by atoms with Gasteiger partial charge >= 0.3 is 0 Å². The predicted molar refractivity (Wildman–Crippen MR) is 116 cm³/mol. The van der Waals surface area contributed by atoms with Gasteiger partial charge in [0.1, 0.15) is 5.58 Å². The van der Waals surface area contributed by atoms with Gasteiger partial charge in [0.05, 0.1) is 6.04 Å². The first-order chi connectivity index (χ1) is 13.9. The van der Waals surface area contributed by atoms with Gasteiger partial charge in [0.15, 0.2) is 5.76 Å². The third kappa shape index (κ3) is 4.06. The van der Waals surface area contributed by atoms with Gasteiger partial charge in [-0.2, -0.15) is 0 Å². The summed E-state index contributed by atoms with van der Waals surface area (Å²) in [6, 6.07) is 13.1. The maximum absolute atomic E-state index is 12.8. The van der Waals surface area contributed by atoms with Crippen molar-refractivity contribution in [3.8, 4) is 0 Å². The molecule has 6 nitrogen and oxygen atoms in total. The number of nitrogens with one attached hydrogen (secondary N) is 1. The van der Waals surface area contributed by atoms with Crippen LogP contribution in [0.4, 0.5) is 5.69 Å². The summed E-state index contributed by atoms with van der Waals surface area (Å²) in [4.78, 5) is 26.5. The number of hydrogen-bond acceptors (Lipinski definition) is 4. The number of furan rings is 1. The van der Waals surface area contributed by atoms with Crippen LogP contribution in [0.25, 0.3) is 11.0 Å². The van der Waals surface area contributed by atoms with Crippen molar-refractivity contribution >= 4 is 44.4 Å². The molecule has 1 aromatic heterocycles. The van der Waals surface area contributed by atoms with Gasteiger partial charge in [-0.3, -0.25) is 14.5 Å². The lowest BCUT2D eigenvalue weighted by molar-refractivity contribution is -0.122. The van der Waals surface area contributed by atoms with Crippen LogP contribution in [-0.4, -0.2) is 29.3 Å². The zero-order valence-corrected chi connectivity index (χ0v) is 17.7. The number of hydrogen-bond donors (Lipinski definition) is 2. The molecule has 0 bridgehead atoms. The lowest BCUT2D eigenvalue weighted by atomic mass is 10.1. The second-order valence-corrected chi connectivity index (χ2v) is 8.30. The van der Waals surface area contributed by atoms with E-state index in [1.165, 1.54) is 0 Å². The van der Waals surface area contributed by atoms with E-state index in [0.29, 0.717) is 23.6 Å². The van der Waals surface area contributed by atoms with Gasteiger partial charge in [0.25, 0.3) is 5.91 Å². The molecule has 1 aliphatic heterocycles. The van der Waals surface area contributed by atoms with E-state index in [9.17, 15) is 9.59 Å². The second kappa shape index (κ2) is 8.00. The highest BCUT2D eigenvalue weighted by atomic mass is 79.9. The number of rotatable bonds is 5.